The first-order chi connectivity index (χ1) is 8.52. The molecule has 1 fully saturated rings. The highest BCUT2D eigenvalue weighted by molar-refractivity contribution is 9.10. The van der Waals surface area contributed by atoms with Crippen LogP contribution < -0.4 is 5.32 Å². The normalized spacial score (nSPS) is 19.5. The van der Waals surface area contributed by atoms with Crippen molar-refractivity contribution in [2.24, 2.45) is 0 Å². The van der Waals surface area contributed by atoms with E-state index >= 15 is 0 Å². The predicted octanol–water partition coefficient (Wildman–Crippen LogP) is 2.18. The Labute approximate surface area is 114 Å². The average Bonchev–Trinajstić information content (AvgIpc) is 2.59. The van der Waals surface area contributed by atoms with Crippen LogP contribution >= 0.6 is 15.9 Å². The zero-order valence-corrected chi connectivity index (χ0v) is 12.0. The summed E-state index contributed by atoms with van der Waals surface area (Å²) in [6.45, 7) is 2.06. The van der Waals surface area contributed by atoms with Crippen LogP contribution in [0.2, 0.25) is 0 Å². The summed E-state index contributed by atoms with van der Waals surface area (Å²) in [5.74, 6) is -0.294. The number of aryl methyl sites for hydroxylation is 1. The largest absolute Gasteiger partial charge is 0.373 e. The molecule has 1 aliphatic rings. The van der Waals surface area contributed by atoms with Crippen molar-refractivity contribution in [1.29, 1.82) is 0 Å². The molecule has 1 N–H and O–H groups in total. The fourth-order valence-corrected chi connectivity index (χ4v) is 2.46. The van der Waals surface area contributed by atoms with Crippen LogP contribution in [0.5, 0.6) is 0 Å². The van der Waals surface area contributed by atoms with E-state index in [1.807, 2.05) is 18.2 Å². The standard InChI is InChI=1S/C13H15BrN2O2/c1-3-8-6-9(14)4-5-10(8)15-11-7-12(17)16(2)13(11)18/h4-6,11,15H,3,7H2,1-2H3. The Kier molecular flexibility index (Phi) is 3.71. The molecule has 0 saturated carbocycles. The lowest BCUT2D eigenvalue weighted by Crippen LogP contribution is -2.32. The molecule has 1 aliphatic heterocycles. The molecule has 96 valence electrons. The highest BCUT2D eigenvalue weighted by atomic mass is 79.9. The first-order valence-electron chi connectivity index (χ1n) is 5.88. The van der Waals surface area contributed by atoms with Gasteiger partial charge in [0, 0.05) is 17.2 Å². The number of imide groups is 1. The number of likely N-dealkylation sites (tertiary alicyclic amines) is 1. The summed E-state index contributed by atoms with van der Waals surface area (Å²) in [4.78, 5) is 24.5. The van der Waals surface area contributed by atoms with E-state index in [1.165, 1.54) is 11.9 Å². The van der Waals surface area contributed by atoms with Gasteiger partial charge in [0.2, 0.25) is 5.91 Å². The Morgan fingerprint density at radius 3 is 2.72 bits per heavy atom. The second-order valence-corrected chi connectivity index (χ2v) is 5.26. The first-order valence-corrected chi connectivity index (χ1v) is 6.67. The number of amides is 2. The molecular formula is C13H15BrN2O2. The fourth-order valence-electron chi connectivity index (χ4n) is 2.05. The third kappa shape index (κ3) is 2.41. The van der Waals surface area contributed by atoms with Gasteiger partial charge in [-0.3, -0.25) is 14.5 Å². The second kappa shape index (κ2) is 5.10. The van der Waals surface area contributed by atoms with E-state index in [4.69, 9.17) is 0 Å². The van der Waals surface area contributed by atoms with Crippen molar-refractivity contribution >= 4 is 33.4 Å². The van der Waals surface area contributed by atoms with Crippen LogP contribution in [0.15, 0.2) is 22.7 Å². The Hall–Kier alpha value is -1.36. The number of carbonyl (C=O) groups excluding carboxylic acids is 2. The van der Waals surface area contributed by atoms with E-state index in [-0.39, 0.29) is 18.2 Å². The molecule has 0 bridgehead atoms. The molecule has 5 heteroatoms. The summed E-state index contributed by atoms with van der Waals surface area (Å²) < 4.78 is 1.01. The van der Waals surface area contributed by atoms with Crippen LogP contribution in [-0.2, 0) is 16.0 Å². The van der Waals surface area contributed by atoms with E-state index in [0.29, 0.717) is 0 Å². The van der Waals surface area contributed by atoms with E-state index in [2.05, 4.69) is 28.2 Å². The topological polar surface area (TPSA) is 49.4 Å². The molecule has 0 aliphatic carbocycles. The summed E-state index contributed by atoms with van der Waals surface area (Å²) in [6.07, 6.45) is 1.10. The monoisotopic (exact) mass is 310 g/mol. The van der Waals surface area contributed by atoms with Crippen molar-refractivity contribution in [3.8, 4) is 0 Å². The lowest BCUT2D eigenvalue weighted by atomic mass is 10.1. The number of hydrogen-bond acceptors (Lipinski definition) is 3. The maximum atomic E-state index is 11.8. The van der Waals surface area contributed by atoms with Gasteiger partial charge in [-0.25, -0.2) is 0 Å². The molecule has 0 aromatic heterocycles. The smallest absolute Gasteiger partial charge is 0.251 e. The molecule has 2 rings (SSSR count). The maximum Gasteiger partial charge on any atom is 0.251 e. The van der Waals surface area contributed by atoms with Gasteiger partial charge in [0.25, 0.3) is 5.91 Å². The Bertz CT molecular complexity index is 502. The molecule has 2 amide bonds. The summed E-state index contributed by atoms with van der Waals surface area (Å²) in [5.41, 5.74) is 2.04. The van der Waals surface area contributed by atoms with Crippen LogP contribution in [0.3, 0.4) is 0 Å². The molecule has 1 aromatic carbocycles. The third-order valence-electron chi connectivity index (χ3n) is 3.16. The van der Waals surface area contributed by atoms with Crippen molar-refractivity contribution in [2.45, 2.75) is 25.8 Å². The molecule has 1 saturated heterocycles. The molecule has 4 nitrogen and oxygen atoms in total. The van der Waals surface area contributed by atoms with Gasteiger partial charge >= 0.3 is 0 Å². The molecule has 18 heavy (non-hydrogen) atoms. The van der Waals surface area contributed by atoms with E-state index in [1.54, 1.807) is 0 Å². The molecule has 1 unspecified atom stereocenters. The Morgan fingerprint density at radius 1 is 1.44 bits per heavy atom. The number of likely N-dealkylation sites (N-methyl/N-ethyl adjacent to an activating group) is 1. The molecule has 0 radical (unpaired) electrons. The fraction of sp³-hybridized carbons (Fsp3) is 0.385. The first kappa shape index (κ1) is 13.1. The molecule has 0 spiro atoms. The zero-order valence-electron chi connectivity index (χ0n) is 10.4. The lowest BCUT2D eigenvalue weighted by Gasteiger charge is -2.15. The molecular weight excluding hydrogens is 296 g/mol. The molecule has 1 atom stereocenters. The second-order valence-electron chi connectivity index (χ2n) is 4.35. The number of rotatable bonds is 3. The van der Waals surface area contributed by atoms with Crippen LogP contribution in [0.25, 0.3) is 0 Å². The van der Waals surface area contributed by atoms with Crippen LogP contribution in [0.4, 0.5) is 5.69 Å². The van der Waals surface area contributed by atoms with E-state index in [9.17, 15) is 9.59 Å². The number of anilines is 1. The summed E-state index contributed by atoms with van der Waals surface area (Å²) in [6, 6.07) is 5.44. The van der Waals surface area contributed by atoms with Crippen molar-refractivity contribution in [2.75, 3.05) is 12.4 Å². The number of benzene rings is 1. The quantitative estimate of drug-likeness (QED) is 0.871. The van der Waals surface area contributed by atoms with Gasteiger partial charge in [-0.2, -0.15) is 0 Å². The molecule has 1 heterocycles. The van der Waals surface area contributed by atoms with Crippen molar-refractivity contribution < 1.29 is 9.59 Å². The zero-order chi connectivity index (χ0) is 13.3. The van der Waals surface area contributed by atoms with Gasteiger partial charge in [0.15, 0.2) is 0 Å². The lowest BCUT2D eigenvalue weighted by molar-refractivity contribution is -0.136. The minimum Gasteiger partial charge on any atom is -0.373 e. The van der Waals surface area contributed by atoms with Gasteiger partial charge in [0.05, 0.1) is 6.42 Å². The number of carbonyl (C=O) groups is 2. The van der Waals surface area contributed by atoms with Crippen LogP contribution in [-0.4, -0.2) is 29.8 Å². The van der Waals surface area contributed by atoms with Gasteiger partial charge < -0.3 is 5.32 Å². The van der Waals surface area contributed by atoms with Gasteiger partial charge in [-0.15, -0.1) is 0 Å². The van der Waals surface area contributed by atoms with Crippen molar-refractivity contribution in [1.82, 2.24) is 4.90 Å². The Balaban J connectivity index is 2.20. The number of nitrogens with zero attached hydrogens (tertiary/aromatic N) is 1. The minimum absolute atomic E-state index is 0.132. The number of nitrogens with one attached hydrogen (secondary N) is 1. The van der Waals surface area contributed by atoms with Crippen LogP contribution in [0.1, 0.15) is 18.9 Å². The molecule has 1 aromatic rings. The summed E-state index contributed by atoms with van der Waals surface area (Å²) in [7, 11) is 1.52. The van der Waals surface area contributed by atoms with Gasteiger partial charge in [0.1, 0.15) is 6.04 Å². The summed E-state index contributed by atoms with van der Waals surface area (Å²) >= 11 is 3.42. The number of halogens is 1. The summed E-state index contributed by atoms with van der Waals surface area (Å²) in [5, 5.41) is 3.17. The Morgan fingerprint density at radius 2 is 2.17 bits per heavy atom. The van der Waals surface area contributed by atoms with E-state index in [0.717, 1.165) is 22.1 Å². The maximum absolute atomic E-state index is 11.8. The van der Waals surface area contributed by atoms with Gasteiger partial charge in [-0.05, 0) is 30.2 Å². The van der Waals surface area contributed by atoms with Crippen LogP contribution in [0, 0.1) is 0 Å². The highest BCUT2D eigenvalue weighted by Gasteiger charge is 2.36. The van der Waals surface area contributed by atoms with Gasteiger partial charge in [-0.1, -0.05) is 22.9 Å². The average molecular weight is 311 g/mol. The van der Waals surface area contributed by atoms with E-state index < -0.39 is 6.04 Å². The third-order valence-corrected chi connectivity index (χ3v) is 3.65. The SMILES string of the molecule is CCc1cc(Br)ccc1NC1CC(=O)N(C)C1=O. The van der Waals surface area contributed by atoms with Crippen molar-refractivity contribution in [3.05, 3.63) is 28.2 Å². The number of hydrogen-bond donors (Lipinski definition) is 1. The van der Waals surface area contributed by atoms with Crippen molar-refractivity contribution in [3.63, 3.8) is 0 Å². The predicted molar refractivity (Wildman–Crippen MR) is 73.3 cm³/mol. The minimum atomic E-state index is -0.436. The highest BCUT2D eigenvalue weighted by Crippen LogP contribution is 2.24.